The van der Waals surface area contributed by atoms with Crippen molar-refractivity contribution in [3.05, 3.63) is 66.4 Å². The zero-order valence-corrected chi connectivity index (χ0v) is 8.82. The first-order valence-electron chi connectivity index (χ1n) is 5.18. The van der Waals surface area contributed by atoms with Crippen molar-refractivity contribution in [2.24, 2.45) is 0 Å². The summed E-state index contributed by atoms with van der Waals surface area (Å²) in [4.78, 5) is 0. The SMILES string of the molecule is Fc1ccc(-n2cc(F)c3c[c]ccc32)cc1. The van der Waals surface area contributed by atoms with Gasteiger partial charge in [0.15, 0.2) is 0 Å². The number of benzene rings is 2. The number of aromatic nitrogens is 1. The summed E-state index contributed by atoms with van der Waals surface area (Å²) in [5.74, 6) is -0.611. The van der Waals surface area contributed by atoms with Crippen LogP contribution in [0, 0.1) is 17.7 Å². The Balaban J connectivity index is 2.27. The van der Waals surface area contributed by atoms with E-state index >= 15 is 0 Å². The molecule has 1 nitrogen and oxygen atoms in total. The second kappa shape index (κ2) is 3.70. The van der Waals surface area contributed by atoms with Crippen LogP contribution in [-0.2, 0) is 0 Å². The summed E-state index contributed by atoms with van der Waals surface area (Å²) in [6.45, 7) is 0. The van der Waals surface area contributed by atoms with Crippen molar-refractivity contribution < 1.29 is 8.78 Å². The molecule has 1 radical (unpaired) electrons. The largest absolute Gasteiger partial charge is 0.314 e. The van der Waals surface area contributed by atoms with Gasteiger partial charge >= 0.3 is 0 Å². The lowest BCUT2D eigenvalue weighted by Gasteiger charge is -2.04. The van der Waals surface area contributed by atoms with Crippen molar-refractivity contribution in [3.8, 4) is 5.69 Å². The molecule has 0 aliphatic heterocycles. The molecule has 2 aromatic carbocycles. The maximum Gasteiger partial charge on any atom is 0.149 e. The molecule has 3 rings (SSSR count). The number of halogens is 2. The maximum atomic E-state index is 13.7. The topological polar surface area (TPSA) is 4.93 Å². The van der Waals surface area contributed by atoms with Gasteiger partial charge in [-0.05, 0) is 42.5 Å². The Morgan fingerprint density at radius 1 is 1.00 bits per heavy atom. The van der Waals surface area contributed by atoms with E-state index < -0.39 is 0 Å². The first-order chi connectivity index (χ1) is 8.25. The first-order valence-corrected chi connectivity index (χ1v) is 5.18. The Kier molecular flexibility index (Phi) is 2.18. The molecule has 0 unspecified atom stereocenters. The zero-order valence-electron chi connectivity index (χ0n) is 8.82. The monoisotopic (exact) mass is 228 g/mol. The number of hydrogen-bond donors (Lipinski definition) is 0. The Labute approximate surface area is 96.9 Å². The highest BCUT2D eigenvalue weighted by atomic mass is 19.1. The third-order valence-corrected chi connectivity index (χ3v) is 2.71. The van der Waals surface area contributed by atoms with Gasteiger partial charge in [0.2, 0.25) is 0 Å². The van der Waals surface area contributed by atoms with Crippen LogP contribution in [0.1, 0.15) is 0 Å². The number of fused-ring (bicyclic) bond motifs is 1. The fourth-order valence-electron chi connectivity index (χ4n) is 1.89. The van der Waals surface area contributed by atoms with Gasteiger partial charge in [-0.3, -0.25) is 0 Å². The molecule has 0 saturated heterocycles. The smallest absolute Gasteiger partial charge is 0.149 e. The first kappa shape index (κ1) is 10.0. The highest BCUT2D eigenvalue weighted by Gasteiger charge is 2.08. The second-order valence-corrected chi connectivity index (χ2v) is 3.77. The van der Waals surface area contributed by atoms with E-state index in [0.29, 0.717) is 5.39 Å². The van der Waals surface area contributed by atoms with Crippen LogP contribution in [0.3, 0.4) is 0 Å². The molecule has 0 N–H and O–H groups in total. The van der Waals surface area contributed by atoms with Gasteiger partial charge in [0.1, 0.15) is 11.6 Å². The van der Waals surface area contributed by atoms with Crippen molar-refractivity contribution in [2.75, 3.05) is 0 Å². The standard InChI is InChI=1S/C14H8F2N/c15-10-5-7-11(8-6-10)17-9-13(16)12-3-1-2-4-14(12)17/h2-9H. The van der Waals surface area contributed by atoms with Crippen molar-refractivity contribution in [3.63, 3.8) is 0 Å². The van der Waals surface area contributed by atoms with E-state index in [-0.39, 0.29) is 11.6 Å². The van der Waals surface area contributed by atoms with Gasteiger partial charge in [0, 0.05) is 17.3 Å². The average molecular weight is 228 g/mol. The molecule has 17 heavy (non-hydrogen) atoms. The quantitative estimate of drug-likeness (QED) is 0.598. The third-order valence-electron chi connectivity index (χ3n) is 2.71. The van der Waals surface area contributed by atoms with Crippen molar-refractivity contribution >= 4 is 10.9 Å². The van der Waals surface area contributed by atoms with E-state index in [9.17, 15) is 8.78 Å². The van der Waals surface area contributed by atoms with Gasteiger partial charge < -0.3 is 4.57 Å². The van der Waals surface area contributed by atoms with Crippen LogP contribution in [0.15, 0.2) is 48.7 Å². The fourth-order valence-corrected chi connectivity index (χ4v) is 1.89. The van der Waals surface area contributed by atoms with Crippen LogP contribution in [0.5, 0.6) is 0 Å². The Bertz CT molecular complexity index is 668. The predicted octanol–water partition coefficient (Wildman–Crippen LogP) is 3.71. The molecule has 83 valence electrons. The van der Waals surface area contributed by atoms with Gasteiger partial charge in [-0.25, -0.2) is 8.78 Å². The van der Waals surface area contributed by atoms with Crippen molar-refractivity contribution in [1.29, 1.82) is 0 Å². The van der Waals surface area contributed by atoms with Gasteiger partial charge in [-0.1, -0.05) is 6.07 Å². The molecular weight excluding hydrogens is 220 g/mol. The summed E-state index contributed by atoms with van der Waals surface area (Å²) in [5, 5.41) is 0.511. The highest BCUT2D eigenvalue weighted by Crippen LogP contribution is 2.23. The lowest BCUT2D eigenvalue weighted by molar-refractivity contribution is 0.627. The number of rotatable bonds is 1. The summed E-state index contributed by atoms with van der Waals surface area (Å²) >= 11 is 0. The summed E-state index contributed by atoms with van der Waals surface area (Å²) in [6, 6.07) is 13.9. The summed E-state index contributed by atoms with van der Waals surface area (Å²) in [5.41, 5.74) is 1.47. The molecule has 0 spiro atoms. The van der Waals surface area contributed by atoms with Crippen LogP contribution >= 0.6 is 0 Å². The van der Waals surface area contributed by atoms with E-state index in [2.05, 4.69) is 6.07 Å². The average Bonchev–Trinajstić information content (AvgIpc) is 2.69. The molecule has 1 aromatic heterocycles. The normalized spacial score (nSPS) is 10.9. The van der Waals surface area contributed by atoms with E-state index in [1.54, 1.807) is 34.9 Å². The van der Waals surface area contributed by atoms with E-state index in [4.69, 9.17) is 0 Å². The van der Waals surface area contributed by atoms with Crippen LogP contribution in [0.25, 0.3) is 16.6 Å². The van der Waals surface area contributed by atoms with Crippen LogP contribution in [0.4, 0.5) is 8.78 Å². The number of nitrogens with zero attached hydrogens (tertiary/aromatic N) is 1. The van der Waals surface area contributed by atoms with Crippen molar-refractivity contribution in [2.45, 2.75) is 0 Å². The molecule has 0 bridgehead atoms. The molecule has 0 aliphatic rings. The Hall–Kier alpha value is -2.16. The van der Waals surface area contributed by atoms with E-state index in [1.807, 2.05) is 0 Å². The predicted molar refractivity (Wildman–Crippen MR) is 62.0 cm³/mol. The molecule has 0 aliphatic carbocycles. The van der Waals surface area contributed by atoms with Crippen molar-refractivity contribution in [1.82, 2.24) is 4.57 Å². The molecule has 0 atom stereocenters. The summed E-state index contributed by atoms with van der Waals surface area (Å²) < 4.78 is 28.2. The van der Waals surface area contributed by atoms with Gasteiger partial charge in [-0.15, -0.1) is 0 Å². The van der Waals surface area contributed by atoms with Gasteiger partial charge in [0.25, 0.3) is 0 Å². The minimum absolute atomic E-state index is 0.304. The lowest BCUT2D eigenvalue weighted by atomic mass is 10.2. The Morgan fingerprint density at radius 3 is 2.53 bits per heavy atom. The minimum atomic E-state index is -0.306. The lowest BCUT2D eigenvalue weighted by Crippen LogP contribution is -1.91. The molecule has 1 heterocycles. The zero-order chi connectivity index (χ0) is 11.8. The Morgan fingerprint density at radius 2 is 1.76 bits per heavy atom. The van der Waals surface area contributed by atoms with E-state index in [0.717, 1.165) is 11.2 Å². The van der Waals surface area contributed by atoms with Gasteiger partial charge in [-0.2, -0.15) is 0 Å². The highest BCUT2D eigenvalue weighted by molar-refractivity contribution is 5.82. The van der Waals surface area contributed by atoms with E-state index in [1.165, 1.54) is 18.3 Å². The third kappa shape index (κ3) is 1.60. The summed E-state index contributed by atoms with van der Waals surface area (Å²) in [7, 11) is 0. The molecule has 0 saturated carbocycles. The van der Waals surface area contributed by atoms with Gasteiger partial charge in [0.05, 0.1) is 5.52 Å². The molecular formula is C14H8F2N. The maximum absolute atomic E-state index is 13.7. The van der Waals surface area contributed by atoms with Crippen LogP contribution in [0.2, 0.25) is 0 Å². The molecule has 0 fully saturated rings. The molecule has 3 heteroatoms. The second-order valence-electron chi connectivity index (χ2n) is 3.77. The fraction of sp³-hybridized carbons (Fsp3) is 0. The van der Waals surface area contributed by atoms with Crippen LogP contribution < -0.4 is 0 Å². The number of hydrogen-bond acceptors (Lipinski definition) is 0. The molecule has 0 amide bonds. The van der Waals surface area contributed by atoms with Crippen LogP contribution in [-0.4, -0.2) is 4.57 Å². The summed E-state index contributed by atoms with van der Waals surface area (Å²) in [6.07, 6.45) is 1.39. The minimum Gasteiger partial charge on any atom is -0.314 e. The molecule has 3 aromatic rings.